The Labute approximate surface area is 122 Å². The zero-order valence-corrected chi connectivity index (χ0v) is 11.7. The predicted molar refractivity (Wildman–Crippen MR) is 78.8 cm³/mol. The van der Waals surface area contributed by atoms with E-state index in [-0.39, 0.29) is 5.91 Å². The van der Waals surface area contributed by atoms with Gasteiger partial charge in [-0.25, -0.2) is 9.97 Å². The van der Waals surface area contributed by atoms with Crippen molar-refractivity contribution >= 4 is 17.4 Å². The standard InChI is InChI=1S/C15H16N4O2/c1-21-13-5-3-2-4-11(13)19-14-8-12(16-9-17-14)15(20)18-10-6-7-10/h2-5,8-10H,6-7H2,1H3,(H,18,20)(H,16,17,19). The van der Waals surface area contributed by atoms with Crippen LogP contribution in [-0.2, 0) is 0 Å². The van der Waals surface area contributed by atoms with Crippen LogP contribution in [0.25, 0.3) is 0 Å². The molecule has 6 heteroatoms. The van der Waals surface area contributed by atoms with E-state index >= 15 is 0 Å². The van der Waals surface area contributed by atoms with Gasteiger partial charge in [-0.05, 0) is 25.0 Å². The van der Waals surface area contributed by atoms with E-state index in [1.54, 1.807) is 13.2 Å². The van der Waals surface area contributed by atoms with Crippen molar-refractivity contribution in [1.82, 2.24) is 15.3 Å². The number of methoxy groups -OCH3 is 1. The number of anilines is 2. The lowest BCUT2D eigenvalue weighted by molar-refractivity contribution is 0.0946. The van der Waals surface area contributed by atoms with Crippen molar-refractivity contribution in [3.63, 3.8) is 0 Å². The van der Waals surface area contributed by atoms with Gasteiger partial charge >= 0.3 is 0 Å². The number of aromatic nitrogens is 2. The molecule has 0 unspecified atom stereocenters. The molecule has 1 heterocycles. The maximum absolute atomic E-state index is 12.0. The quantitative estimate of drug-likeness (QED) is 0.879. The van der Waals surface area contributed by atoms with Gasteiger partial charge in [-0.1, -0.05) is 12.1 Å². The van der Waals surface area contributed by atoms with Crippen molar-refractivity contribution in [1.29, 1.82) is 0 Å². The summed E-state index contributed by atoms with van der Waals surface area (Å²) in [7, 11) is 1.61. The van der Waals surface area contributed by atoms with Crippen molar-refractivity contribution in [2.75, 3.05) is 12.4 Å². The minimum Gasteiger partial charge on any atom is -0.495 e. The molecular formula is C15H16N4O2. The predicted octanol–water partition coefficient (Wildman–Crippen LogP) is 2.12. The van der Waals surface area contributed by atoms with Gasteiger partial charge in [0.15, 0.2) is 0 Å². The van der Waals surface area contributed by atoms with Crippen molar-refractivity contribution in [3.05, 3.63) is 42.4 Å². The Morgan fingerprint density at radius 3 is 2.86 bits per heavy atom. The highest BCUT2D eigenvalue weighted by atomic mass is 16.5. The van der Waals surface area contributed by atoms with Gasteiger partial charge in [0.25, 0.3) is 5.91 Å². The molecule has 3 rings (SSSR count). The molecule has 0 radical (unpaired) electrons. The fraction of sp³-hybridized carbons (Fsp3) is 0.267. The van der Waals surface area contributed by atoms with Gasteiger partial charge in [-0.3, -0.25) is 4.79 Å². The number of nitrogens with zero attached hydrogens (tertiary/aromatic N) is 2. The monoisotopic (exact) mass is 284 g/mol. The van der Waals surface area contributed by atoms with Crippen LogP contribution in [0.15, 0.2) is 36.7 Å². The fourth-order valence-electron chi connectivity index (χ4n) is 1.92. The average molecular weight is 284 g/mol. The number of amides is 1. The summed E-state index contributed by atoms with van der Waals surface area (Å²) in [6.45, 7) is 0. The smallest absolute Gasteiger partial charge is 0.270 e. The summed E-state index contributed by atoms with van der Waals surface area (Å²) in [5, 5.41) is 6.03. The highest BCUT2D eigenvalue weighted by molar-refractivity contribution is 5.93. The number of rotatable bonds is 5. The number of carbonyl (C=O) groups is 1. The Hall–Kier alpha value is -2.63. The number of nitrogens with one attached hydrogen (secondary N) is 2. The molecule has 1 amide bonds. The van der Waals surface area contributed by atoms with Gasteiger partial charge in [0.2, 0.25) is 0 Å². The molecular weight excluding hydrogens is 268 g/mol. The van der Waals surface area contributed by atoms with Crippen molar-refractivity contribution in [2.45, 2.75) is 18.9 Å². The van der Waals surface area contributed by atoms with Crippen LogP contribution in [0.5, 0.6) is 5.75 Å². The second-order valence-corrected chi connectivity index (χ2v) is 4.86. The van der Waals surface area contributed by atoms with Crippen molar-refractivity contribution in [2.24, 2.45) is 0 Å². The van der Waals surface area contributed by atoms with Crippen LogP contribution in [0.1, 0.15) is 23.3 Å². The number of carbonyl (C=O) groups excluding carboxylic acids is 1. The summed E-state index contributed by atoms with van der Waals surface area (Å²) in [5.41, 5.74) is 1.14. The fourth-order valence-corrected chi connectivity index (χ4v) is 1.92. The summed E-state index contributed by atoms with van der Waals surface area (Å²) in [5.74, 6) is 1.10. The first-order chi connectivity index (χ1) is 10.3. The maximum atomic E-state index is 12.0. The second kappa shape index (κ2) is 5.78. The molecule has 0 spiro atoms. The molecule has 1 aromatic carbocycles. The molecule has 1 saturated carbocycles. The minimum atomic E-state index is -0.164. The number of hydrogen-bond donors (Lipinski definition) is 2. The molecule has 0 saturated heterocycles. The zero-order valence-electron chi connectivity index (χ0n) is 11.7. The molecule has 0 atom stereocenters. The van der Waals surface area contributed by atoms with Crippen molar-refractivity contribution in [3.8, 4) is 5.75 Å². The van der Waals surface area contributed by atoms with Crippen LogP contribution < -0.4 is 15.4 Å². The molecule has 1 aliphatic rings. The summed E-state index contributed by atoms with van der Waals surface area (Å²) in [6.07, 6.45) is 3.46. The lowest BCUT2D eigenvalue weighted by Gasteiger charge is -2.10. The third kappa shape index (κ3) is 3.28. The normalized spacial score (nSPS) is 13.6. The molecule has 2 aromatic rings. The van der Waals surface area contributed by atoms with Crippen LogP contribution >= 0.6 is 0 Å². The van der Waals surface area contributed by atoms with E-state index < -0.39 is 0 Å². The third-order valence-electron chi connectivity index (χ3n) is 3.18. The Morgan fingerprint density at radius 1 is 1.29 bits per heavy atom. The van der Waals surface area contributed by atoms with E-state index in [2.05, 4.69) is 20.6 Å². The van der Waals surface area contributed by atoms with Gasteiger partial charge in [0.05, 0.1) is 12.8 Å². The summed E-state index contributed by atoms with van der Waals surface area (Å²) >= 11 is 0. The molecule has 21 heavy (non-hydrogen) atoms. The van der Waals surface area contributed by atoms with Crippen LogP contribution in [0.2, 0.25) is 0 Å². The Bertz CT molecular complexity index is 656. The van der Waals surface area contributed by atoms with E-state index in [1.807, 2.05) is 24.3 Å². The average Bonchev–Trinajstić information content (AvgIpc) is 3.32. The van der Waals surface area contributed by atoms with E-state index in [1.165, 1.54) is 6.33 Å². The van der Waals surface area contributed by atoms with Crippen LogP contribution in [0, 0.1) is 0 Å². The molecule has 0 bridgehead atoms. The topological polar surface area (TPSA) is 76.1 Å². The number of ether oxygens (including phenoxy) is 1. The number of hydrogen-bond acceptors (Lipinski definition) is 5. The molecule has 1 aliphatic carbocycles. The Morgan fingerprint density at radius 2 is 2.10 bits per heavy atom. The van der Waals surface area contributed by atoms with Gasteiger partial charge < -0.3 is 15.4 Å². The largest absolute Gasteiger partial charge is 0.495 e. The molecule has 2 N–H and O–H groups in total. The minimum absolute atomic E-state index is 0.164. The van der Waals surface area contributed by atoms with Gasteiger partial charge in [0, 0.05) is 12.1 Å². The maximum Gasteiger partial charge on any atom is 0.270 e. The lowest BCUT2D eigenvalue weighted by Crippen LogP contribution is -2.26. The van der Waals surface area contributed by atoms with Crippen LogP contribution in [-0.4, -0.2) is 29.0 Å². The van der Waals surface area contributed by atoms with Crippen LogP contribution in [0.4, 0.5) is 11.5 Å². The first-order valence-corrected chi connectivity index (χ1v) is 6.79. The van der Waals surface area contributed by atoms with Crippen molar-refractivity contribution < 1.29 is 9.53 Å². The first kappa shape index (κ1) is 13.4. The molecule has 108 valence electrons. The SMILES string of the molecule is COc1ccccc1Nc1cc(C(=O)NC2CC2)ncn1. The van der Waals surface area contributed by atoms with Gasteiger partial charge in [-0.15, -0.1) is 0 Å². The lowest BCUT2D eigenvalue weighted by atomic mass is 10.3. The number of benzene rings is 1. The first-order valence-electron chi connectivity index (χ1n) is 6.79. The highest BCUT2D eigenvalue weighted by Gasteiger charge is 2.24. The zero-order chi connectivity index (χ0) is 14.7. The van der Waals surface area contributed by atoms with E-state index in [4.69, 9.17) is 4.74 Å². The molecule has 0 aliphatic heterocycles. The van der Waals surface area contributed by atoms with Gasteiger partial charge in [0.1, 0.15) is 23.6 Å². The Kier molecular flexibility index (Phi) is 3.68. The van der Waals surface area contributed by atoms with Gasteiger partial charge in [-0.2, -0.15) is 0 Å². The third-order valence-corrected chi connectivity index (χ3v) is 3.18. The summed E-state index contributed by atoms with van der Waals surface area (Å²) in [6, 6.07) is 9.45. The summed E-state index contributed by atoms with van der Waals surface area (Å²) in [4.78, 5) is 20.1. The summed E-state index contributed by atoms with van der Waals surface area (Å²) < 4.78 is 5.27. The molecule has 6 nitrogen and oxygen atoms in total. The highest BCUT2D eigenvalue weighted by Crippen LogP contribution is 2.26. The van der Waals surface area contributed by atoms with E-state index in [0.717, 1.165) is 18.5 Å². The Balaban J connectivity index is 1.77. The number of para-hydroxylation sites is 2. The second-order valence-electron chi connectivity index (χ2n) is 4.86. The molecule has 1 aromatic heterocycles. The van der Waals surface area contributed by atoms with Crippen LogP contribution in [0.3, 0.4) is 0 Å². The van der Waals surface area contributed by atoms with E-state index in [0.29, 0.717) is 23.3 Å². The van der Waals surface area contributed by atoms with E-state index in [9.17, 15) is 4.79 Å². The molecule has 1 fully saturated rings.